The zero-order chi connectivity index (χ0) is 13.1. The van der Waals surface area contributed by atoms with E-state index in [1.165, 1.54) is 4.31 Å². The van der Waals surface area contributed by atoms with Gasteiger partial charge < -0.3 is 5.11 Å². The molecule has 0 bridgehead atoms. The summed E-state index contributed by atoms with van der Waals surface area (Å²) in [5, 5.41) is 17.8. The van der Waals surface area contributed by atoms with E-state index in [1.54, 1.807) is 13.8 Å². The molecule has 5 nitrogen and oxygen atoms in total. The molecule has 0 aliphatic carbocycles. The lowest BCUT2D eigenvalue weighted by Gasteiger charge is -2.23. The molecule has 0 amide bonds. The van der Waals surface area contributed by atoms with Crippen LogP contribution in [-0.4, -0.2) is 41.8 Å². The highest BCUT2D eigenvalue weighted by molar-refractivity contribution is 7.90. The Morgan fingerprint density at radius 3 is 2.65 bits per heavy atom. The van der Waals surface area contributed by atoms with Crippen LogP contribution in [0.4, 0.5) is 0 Å². The first-order valence-electron chi connectivity index (χ1n) is 5.94. The maximum Gasteiger partial charge on any atom is 0.230 e. The van der Waals surface area contributed by atoms with E-state index in [0.717, 1.165) is 0 Å². The third kappa shape index (κ3) is 3.41. The van der Waals surface area contributed by atoms with E-state index in [0.29, 0.717) is 38.8 Å². The topological polar surface area (TPSA) is 81.4 Å². The monoisotopic (exact) mass is 260 g/mol. The molecule has 0 aromatic carbocycles. The van der Waals surface area contributed by atoms with Crippen LogP contribution in [0.5, 0.6) is 0 Å². The van der Waals surface area contributed by atoms with Crippen molar-refractivity contribution in [2.45, 2.75) is 50.4 Å². The summed E-state index contributed by atoms with van der Waals surface area (Å²) in [4.78, 5) is 0. The van der Waals surface area contributed by atoms with Crippen molar-refractivity contribution in [3.05, 3.63) is 0 Å². The molecule has 2 atom stereocenters. The van der Waals surface area contributed by atoms with Crippen LogP contribution in [0.2, 0.25) is 0 Å². The molecule has 1 aliphatic rings. The molecule has 2 unspecified atom stereocenters. The number of sulfonamides is 1. The minimum Gasteiger partial charge on any atom is -0.390 e. The summed E-state index contributed by atoms with van der Waals surface area (Å²) in [5.41, 5.74) is -0.793. The first-order chi connectivity index (χ1) is 7.83. The van der Waals surface area contributed by atoms with Gasteiger partial charge in [-0.3, -0.25) is 0 Å². The van der Waals surface area contributed by atoms with Crippen molar-refractivity contribution in [1.29, 1.82) is 5.26 Å². The summed E-state index contributed by atoms with van der Waals surface area (Å²) in [6, 6.07) is 1.84. The molecule has 0 radical (unpaired) electrons. The second-order valence-corrected chi connectivity index (χ2v) is 6.94. The predicted molar refractivity (Wildman–Crippen MR) is 64.7 cm³/mol. The number of hydrogen-bond donors (Lipinski definition) is 1. The summed E-state index contributed by atoms with van der Waals surface area (Å²) in [6.45, 7) is 4.12. The fourth-order valence-electron chi connectivity index (χ4n) is 2.04. The van der Waals surface area contributed by atoms with Crippen LogP contribution in [0.15, 0.2) is 0 Å². The molecule has 0 aromatic heterocycles. The third-order valence-corrected chi connectivity index (χ3v) is 5.50. The second-order valence-electron chi connectivity index (χ2n) is 4.82. The lowest BCUT2D eigenvalue weighted by Crippen LogP contribution is -2.39. The largest absolute Gasteiger partial charge is 0.390 e. The Labute approximate surface area is 103 Å². The lowest BCUT2D eigenvalue weighted by atomic mass is 9.98. The van der Waals surface area contributed by atoms with Gasteiger partial charge in [-0.05, 0) is 32.6 Å². The predicted octanol–water partition coefficient (Wildman–Crippen LogP) is 0.855. The van der Waals surface area contributed by atoms with E-state index in [-0.39, 0.29) is 0 Å². The van der Waals surface area contributed by atoms with Crippen molar-refractivity contribution >= 4 is 10.0 Å². The quantitative estimate of drug-likeness (QED) is 0.816. The van der Waals surface area contributed by atoms with Crippen molar-refractivity contribution in [2.24, 2.45) is 0 Å². The van der Waals surface area contributed by atoms with E-state index in [1.807, 2.05) is 6.07 Å². The van der Waals surface area contributed by atoms with Crippen molar-refractivity contribution in [3.63, 3.8) is 0 Å². The average molecular weight is 260 g/mol. The van der Waals surface area contributed by atoms with Crippen LogP contribution in [0.1, 0.15) is 39.5 Å². The molecule has 1 fully saturated rings. The van der Waals surface area contributed by atoms with Gasteiger partial charge in [-0.1, -0.05) is 6.92 Å². The molecule has 1 aliphatic heterocycles. The van der Waals surface area contributed by atoms with E-state index in [4.69, 9.17) is 5.26 Å². The van der Waals surface area contributed by atoms with E-state index in [2.05, 4.69) is 0 Å². The minimum atomic E-state index is -3.54. The zero-order valence-electron chi connectivity index (χ0n) is 10.4. The molecule has 0 aromatic rings. The van der Waals surface area contributed by atoms with Crippen LogP contribution in [0, 0.1) is 11.3 Å². The van der Waals surface area contributed by atoms with Gasteiger partial charge in [0.1, 0.15) is 0 Å². The molecular formula is C11H20N2O3S. The van der Waals surface area contributed by atoms with Gasteiger partial charge in [-0.15, -0.1) is 0 Å². The molecular weight excluding hydrogens is 240 g/mol. The fraction of sp³-hybridized carbons (Fsp3) is 0.909. The summed E-state index contributed by atoms with van der Waals surface area (Å²) < 4.78 is 25.6. The molecule has 1 saturated heterocycles. The second kappa shape index (κ2) is 5.34. The highest BCUT2D eigenvalue weighted by atomic mass is 32.2. The molecule has 1 N–H and O–H groups in total. The summed E-state index contributed by atoms with van der Waals surface area (Å²) in [5.74, 6) is 0. The van der Waals surface area contributed by atoms with Crippen molar-refractivity contribution in [3.8, 4) is 6.07 Å². The minimum absolute atomic E-state index is 0.297. The highest BCUT2D eigenvalue weighted by Crippen LogP contribution is 2.24. The number of nitriles is 1. The fourth-order valence-corrected chi connectivity index (χ4v) is 3.69. The molecule has 98 valence electrons. The Kier molecular flexibility index (Phi) is 4.53. The third-order valence-electron chi connectivity index (χ3n) is 3.26. The number of rotatable bonds is 3. The van der Waals surface area contributed by atoms with Gasteiger partial charge >= 0.3 is 0 Å². The van der Waals surface area contributed by atoms with Crippen molar-refractivity contribution in [2.75, 3.05) is 13.1 Å². The van der Waals surface area contributed by atoms with Crippen LogP contribution in [0.3, 0.4) is 0 Å². The first-order valence-corrected chi connectivity index (χ1v) is 7.45. The Bertz CT molecular complexity index is 397. The normalized spacial score (nSPS) is 29.3. The van der Waals surface area contributed by atoms with E-state index in [9.17, 15) is 13.5 Å². The average Bonchev–Trinajstić information content (AvgIpc) is 2.41. The highest BCUT2D eigenvalue weighted by Gasteiger charge is 2.34. The van der Waals surface area contributed by atoms with Gasteiger partial charge in [-0.2, -0.15) is 5.26 Å². The van der Waals surface area contributed by atoms with Crippen LogP contribution in [0.25, 0.3) is 0 Å². The smallest absolute Gasteiger partial charge is 0.230 e. The van der Waals surface area contributed by atoms with Gasteiger partial charge in [-0.25, -0.2) is 12.7 Å². The lowest BCUT2D eigenvalue weighted by molar-refractivity contribution is 0.0465. The van der Waals surface area contributed by atoms with E-state index < -0.39 is 20.9 Å². The first kappa shape index (κ1) is 14.4. The molecule has 6 heteroatoms. The van der Waals surface area contributed by atoms with Gasteiger partial charge in [0.15, 0.2) is 5.25 Å². The molecule has 17 heavy (non-hydrogen) atoms. The SMILES string of the molecule is CCC(C#N)S(=O)(=O)N1CCCC(C)(O)CC1. The maximum absolute atomic E-state index is 12.1. The number of aliphatic hydroxyl groups is 1. The maximum atomic E-state index is 12.1. The summed E-state index contributed by atoms with van der Waals surface area (Å²) >= 11 is 0. The zero-order valence-corrected chi connectivity index (χ0v) is 11.2. The van der Waals surface area contributed by atoms with Crippen LogP contribution in [-0.2, 0) is 10.0 Å². The van der Waals surface area contributed by atoms with Gasteiger partial charge in [0.25, 0.3) is 0 Å². The Morgan fingerprint density at radius 1 is 1.47 bits per heavy atom. The van der Waals surface area contributed by atoms with Crippen LogP contribution >= 0.6 is 0 Å². The molecule has 1 heterocycles. The summed E-state index contributed by atoms with van der Waals surface area (Å²) in [6.07, 6.45) is 1.95. The molecule has 0 saturated carbocycles. The Hall–Kier alpha value is -0.640. The molecule has 1 rings (SSSR count). The molecule has 0 spiro atoms. The van der Waals surface area contributed by atoms with Gasteiger partial charge in [0, 0.05) is 13.1 Å². The van der Waals surface area contributed by atoms with E-state index >= 15 is 0 Å². The van der Waals surface area contributed by atoms with Crippen molar-refractivity contribution in [1.82, 2.24) is 4.31 Å². The number of nitrogens with zero attached hydrogens (tertiary/aromatic N) is 2. The van der Waals surface area contributed by atoms with Gasteiger partial charge in [0.05, 0.1) is 11.7 Å². The number of hydrogen-bond acceptors (Lipinski definition) is 4. The van der Waals surface area contributed by atoms with Crippen molar-refractivity contribution < 1.29 is 13.5 Å². The van der Waals surface area contributed by atoms with Crippen LogP contribution < -0.4 is 0 Å². The summed E-state index contributed by atoms with van der Waals surface area (Å²) in [7, 11) is -3.54. The Balaban J connectivity index is 2.84. The standard InChI is InChI=1S/C11H20N2O3S/c1-3-10(9-12)17(15,16)13-7-4-5-11(2,14)6-8-13/h10,14H,3-8H2,1-2H3. The Morgan fingerprint density at radius 2 is 2.12 bits per heavy atom. The van der Waals surface area contributed by atoms with Gasteiger partial charge in [0.2, 0.25) is 10.0 Å².